The van der Waals surface area contributed by atoms with E-state index in [0.717, 1.165) is 18.5 Å². The normalized spacial score (nSPS) is 19.5. The summed E-state index contributed by atoms with van der Waals surface area (Å²) < 4.78 is 28.2. The number of nitrogens with zero attached hydrogens (tertiary/aromatic N) is 2. The van der Waals surface area contributed by atoms with E-state index in [1.54, 1.807) is 23.5 Å². The van der Waals surface area contributed by atoms with Crippen molar-refractivity contribution in [1.82, 2.24) is 4.90 Å². The highest BCUT2D eigenvalue weighted by Gasteiger charge is 2.32. The molecule has 0 bridgehead atoms. The zero-order valence-electron chi connectivity index (χ0n) is 11.8. The van der Waals surface area contributed by atoms with Crippen LogP contribution in [-0.4, -0.2) is 32.2 Å². The molecule has 0 saturated carbocycles. The Kier molecular flexibility index (Phi) is 3.16. The molecule has 0 radical (unpaired) electrons. The minimum absolute atomic E-state index is 0.318. The van der Waals surface area contributed by atoms with Crippen LogP contribution >= 0.6 is 11.3 Å². The summed E-state index contributed by atoms with van der Waals surface area (Å²) in [5.41, 5.74) is 2.05. The Morgan fingerprint density at radius 2 is 2.00 bits per heavy atom. The van der Waals surface area contributed by atoms with E-state index in [0.29, 0.717) is 17.3 Å². The second kappa shape index (κ2) is 5.07. The molecule has 0 atom stereocenters. The van der Waals surface area contributed by atoms with E-state index in [1.807, 2.05) is 17.0 Å². The molecule has 0 unspecified atom stereocenters. The molecule has 22 heavy (non-hydrogen) atoms. The fraction of sp³-hybridized carbons (Fsp3) is 0.188. The summed E-state index contributed by atoms with van der Waals surface area (Å²) in [6.45, 7) is 1.47. The minimum atomic E-state index is -3.53. The average molecular weight is 330 g/mol. The van der Waals surface area contributed by atoms with E-state index in [2.05, 4.69) is 28.0 Å². The first-order chi connectivity index (χ1) is 10.6. The number of hydrogen-bond acceptors (Lipinski definition) is 4. The molecule has 0 saturated heterocycles. The van der Waals surface area contributed by atoms with Gasteiger partial charge in [0, 0.05) is 23.5 Å². The van der Waals surface area contributed by atoms with E-state index < -0.39 is 10.0 Å². The molecular weight excluding hydrogens is 316 g/mol. The molecule has 6 heteroatoms. The highest BCUT2D eigenvalue weighted by Crippen LogP contribution is 2.31. The monoisotopic (exact) mass is 330 g/mol. The molecule has 4 rings (SSSR count). The van der Waals surface area contributed by atoms with Gasteiger partial charge in [0.05, 0.1) is 0 Å². The van der Waals surface area contributed by atoms with Crippen molar-refractivity contribution < 1.29 is 8.42 Å². The fourth-order valence-electron chi connectivity index (χ4n) is 2.86. The Bertz CT molecular complexity index is 881. The first-order valence-electron chi connectivity index (χ1n) is 7.07. The summed E-state index contributed by atoms with van der Waals surface area (Å²) >= 11 is 1.74. The summed E-state index contributed by atoms with van der Waals surface area (Å²) in [6.07, 6.45) is 3.08. The summed E-state index contributed by atoms with van der Waals surface area (Å²) in [6, 6.07) is 11.2. The third kappa shape index (κ3) is 2.19. The molecule has 0 fully saturated rings. The highest BCUT2D eigenvalue weighted by atomic mass is 32.2. The smallest absolute Gasteiger partial charge is 0.285 e. The van der Waals surface area contributed by atoms with Gasteiger partial charge in [0.1, 0.15) is 4.90 Å². The third-order valence-electron chi connectivity index (χ3n) is 3.96. The Morgan fingerprint density at radius 3 is 2.73 bits per heavy atom. The van der Waals surface area contributed by atoms with Gasteiger partial charge in [-0.15, -0.1) is 15.7 Å². The van der Waals surface area contributed by atoms with Crippen molar-refractivity contribution in [3.05, 3.63) is 58.3 Å². The first-order valence-corrected chi connectivity index (χ1v) is 9.39. The molecule has 2 aromatic rings. The number of rotatable bonds is 1. The van der Waals surface area contributed by atoms with Gasteiger partial charge in [0.2, 0.25) is 0 Å². The molecule has 0 N–H and O–H groups in total. The number of sulfonamides is 1. The molecule has 1 aromatic heterocycles. The molecule has 0 spiro atoms. The van der Waals surface area contributed by atoms with Crippen molar-refractivity contribution in [1.29, 1.82) is 0 Å². The maximum atomic E-state index is 12.1. The van der Waals surface area contributed by atoms with Crippen molar-refractivity contribution in [2.24, 2.45) is 4.40 Å². The largest absolute Gasteiger partial charge is 0.351 e. The lowest BCUT2D eigenvalue weighted by atomic mass is 10.1. The summed E-state index contributed by atoms with van der Waals surface area (Å²) in [4.78, 5) is 3.65. The standard InChI is InChI=1S/C16H14N2O2S2/c19-22(20)15-6-2-1-4-13(15)16(17-22)18-9-7-12(8-10-18)14-5-3-11-21-14/h1-7,11H,8-10H2. The van der Waals surface area contributed by atoms with Crippen LogP contribution in [0.15, 0.2) is 57.1 Å². The summed E-state index contributed by atoms with van der Waals surface area (Å²) in [5.74, 6) is 0.581. The van der Waals surface area contributed by atoms with Gasteiger partial charge >= 0.3 is 0 Å². The highest BCUT2D eigenvalue weighted by molar-refractivity contribution is 7.90. The quantitative estimate of drug-likeness (QED) is 0.808. The number of fused-ring (bicyclic) bond motifs is 1. The van der Waals surface area contributed by atoms with Crippen LogP contribution < -0.4 is 0 Å². The Hall–Kier alpha value is -1.92. The molecule has 1 aromatic carbocycles. The Morgan fingerprint density at radius 1 is 1.14 bits per heavy atom. The van der Waals surface area contributed by atoms with Crippen LogP contribution in [0.1, 0.15) is 16.9 Å². The van der Waals surface area contributed by atoms with Crippen molar-refractivity contribution in [2.45, 2.75) is 11.3 Å². The lowest BCUT2D eigenvalue weighted by Gasteiger charge is -2.27. The second-order valence-corrected chi connectivity index (χ2v) is 7.81. The van der Waals surface area contributed by atoms with Crippen molar-refractivity contribution in [3.8, 4) is 0 Å². The fourth-order valence-corrected chi connectivity index (χ4v) is 4.89. The second-order valence-electron chi connectivity index (χ2n) is 5.29. The van der Waals surface area contributed by atoms with Crippen LogP contribution in [0.5, 0.6) is 0 Å². The molecule has 112 valence electrons. The van der Waals surface area contributed by atoms with Crippen LogP contribution in [0.4, 0.5) is 0 Å². The predicted molar refractivity (Wildman–Crippen MR) is 88.7 cm³/mol. The molecule has 0 aliphatic carbocycles. The summed E-state index contributed by atoms with van der Waals surface area (Å²) in [7, 11) is -3.53. The van der Waals surface area contributed by atoms with Crippen LogP contribution in [0.3, 0.4) is 0 Å². The van der Waals surface area contributed by atoms with Gasteiger partial charge in [-0.25, -0.2) is 0 Å². The number of benzene rings is 1. The minimum Gasteiger partial charge on any atom is -0.351 e. The Balaban J connectivity index is 1.65. The molecule has 3 heterocycles. The van der Waals surface area contributed by atoms with Crippen molar-refractivity contribution in [3.63, 3.8) is 0 Å². The van der Waals surface area contributed by atoms with Gasteiger partial charge in [0.15, 0.2) is 5.84 Å². The maximum Gasteiger partial charge on any atom is 0.285 e. The number of amidine groups is 1. The average Bonchev–Trinajstić information content (AvgIpc) is 3.15. The van der Waals surface area contributed by atoms with E-state index in [4.69, 9.17) is 0 Å². The van der Waals surface area contributed by atoms with Crippen LogP contribution in [0.2, 0.25) is 0 Å². The Labute approximate surface area is 133 Å². The van der Waals surface area contributed by atoms with E-state index in [9.17, 15) is 8.42 Å². The van der Waals surface area contributed by atoms with Gasteiger partial charge in [-0.1, -0.05) is 24.3 Å². The zero-order chi connectivity index (χ0) is 15.2. The van der Waals surface area contributed by atoms with E-state index in [-0.39, 0.29) is 0 Å². The first kappa shape index (κ1) is 13.7. The van der Waals surface area contributed by atoms with Crippen LogP contribution in [-0.2, 0) is 10.0 Å². The molecule has 2 aliphatic rings. The zero-order valence-corrected chi connectivity index (χ0v) is 13.4. The van der Waals surface area contributed by atoms with Gasteiger partial charge in [-0.3, -0.25) is 0 Å². The van der Waals surface area contributed by atoms with E-state index >= 15 is 0 Å². The van der Waals surface area contributed by atoms with Gasteiger partial charge in [-0.2, -0.15) is 8.42 Å². The summed E-state index contributed by atoms with van der Waals surface area (Å²) in [5, 5.41) is 2.08. The van der Waals surface area contributed by atoms with Gasteiger partial charge in [-0.05, 0) is 35.6 Å². The topological polar surface area (TPSA) is 49.7 Å². The molecular formula is C16H14N2O2S2. The lowest BCUT2D eigenvalue weighted by Crippen LogP contribution is -2.34. The van der Waals surface area contributed by atoms with E-state index in [1.165, 1.54) is 10.5 Å². The molecule has 2 aliphatic heterocycles. The van der Waals surface area contributed by atoms with Crippen LogP contribution in [0, 0.1) is 0 Å². The van der Waals surface area contributed by atoms with Crippen LogP contribution in [0.25, 0.3) is 5.57 Å². The molecule has 0 amide bonds. The number of hydrogen-bond donors (Lipinski definition) is 0. The third-order valence-corrected chi connectivity index (χ3v) is 6.23. The SMILES string of the molecule is O=S1(=O)N=C(N2CC=C(c3cccs3)CC2)c2ccccc21. The molecule has 4 nitrogen and oxygen atoms in total. The predicted octanol–water partition coefficient (Wildman–Crippen LogP) is 2.99. The van der Waals surface area contributed by atoms with Gasteiger partial charge in [0.25, 0.3) is 10.0 Å². The van der Waals surface area contributed by atoms with Gasteiger partial charge < -0.3 is 4.90 Å². The number of thiophene rings is 1. The van der Waals surface area contributed by atoms with Crippen molar-refractivity contribution in [2.75, 3.05) is 13.1 Å². The maximum absolute atomic E-state index is 12.1. The van der Waals surface area contributed by atoms with Crippen molar-refractivity contribution >= 4 is 32.8 Å². The lowest BCUT2D eigenvalue weighted by molar-refractivity contribution is 0.461.